The number of rotatable bonds is 10. The van der Waals surface area contributed by atoms with E-state index in [0.717, 1.165) is 0 Å². The maximum atomic E-state index is 3.77. The highest BCUT2D eigenvalue weighted by Gasteiger charge is 2.04. The second-order valence-corrected chi connectivity index (χ2v) is 7.61. The topological polar surface area (TPSA) is 0 Å². The largest absolute Gasteiger partial charge is 0.0654 e. The number of fused-ring (bicyclic) bond motifs is 1. The van der Waals surface area contributed by atoms with Crippen LogP contribution < -0.4 is 0 Å². The van der Waals surface area contributed by atoms with E-state index in [0.29, 0.717) is 0 Å². The summed E-state index contributed by atoms with van der Waals surface area (Å²) in [6, 6.07) is 11.7. The van der Waals surface area contributed by atoms with E-state index in [-0.39, 0.29) is 0 Å². The molecule has 0 saturated carbocycles. The Kier molecular flexibility index (Phi) is 8.16. The van der Waals surface area contributed by atoms with Gasteiger partial charge in [-0.25, -0.2) is 0 Å². The Morgan fingerprint density at radius 3 is 1.96 bits per heavy atom. The monoisotopic (exact) mass is 374 g/mol. The van der Waals surface area contributed by atoms with Gasteiger partial charge in [-0.1, -0.05) is 92.6 Å². The minimum absolute atomic E-state index is 1.20. The van der Waals surface area contributed by atoms with Crippen LogP contribution in [0.3, 0.4) is 0 Å². The molecule has 0 N–H and O–H groups in total. The van der Waals surface area contributed by atoms with Gasteiger partial charge in [0, 0.05) is 4.47 Å². The quantitative estimate of drug-likeness (QED) is 0.371. The normalized spacial score (nSPS) is 11.3. The van der Waals surface area contributed by atoms with Crippen molar-refractivity contribution >= 4 is 26.7 Å². The van der Waals surface area contributed by atoms with Gasteiger partial charge >= 0.3 is 0 Å². The number of aryl methyl sites for hydroxylation is 2. The Bertz CT molecular complexity index is 595. The van der Waals surface area contributed by atoms with Crippen LogP contribution in [0.2, 0.25) is 0 Å². The maximum Gasteiger partial charge on any atom is 0.0256 e. The molecule has 0 aromatic heterocycles. The van der Waals surface area contributed by atoms with Crippen LogP contribution in [0, 0.1) is 0 Å². The van der Waals surface area contributed by atoms with Gasteiger partial charge in [-0.15, -0.1) is 0 Å². The third-order valence-corrected chi connectivity index (χ3v) is 5.32. The lowest BCUT2D eigenvalue weighted by Gasteiger charge is -2.09. The molecule has 0 bridgehead atoms. The molecule has 0 fully saturated rings. The first kappa shape index (κ1) is 18.5. The van der Waals surface area contributed by atoms with Crippen molar-refractivity contribution in [2.45, 2.75) is 78.1 Å². The van der Waals surface area contributed by atoms with Gasteiger partial charge in [0.1, 0.15) is 0 Å². The fourth-order valence-corrected chi connectivity index (χ4v) is 3.90. The third kappa shape index (κ3) is 5.95. The Morgan fingerprint density at radius 2 is 1.30 bits per heavy atom. The highest BCUT2D eigenvalue weighted by atomic mass is 79.9. The van der Waals surface area contributed by atoms with E-state index in [2.05, 4.69) is 60.1 Å². The Morgan fingerprint density at radius 1 is 0.696 bits per heavy atom. The van der Waals surface area contributed by atoms with Crippen LogP contribution in [0.5, 0.6) is 0 Å². The van der Waals surface area contributed by atoms with Crippen LogP contribution in [0.15, 0.2) is 34.8 Å². The third-order valence-electron chi connectivity index (χ3n) is 4.66. The average Bonchev–Trinajstić information content (AvgIpc) is 2.55. The van der Waals surface area contributed by atoms with E-state index < -0.39 is 0 Å². The van der Waals surface area contributed by atoms with Crippen LogP contribution in [-0.4, -0.2) is 0 Å². The summed E-state index contributed by atoms with van der Waals surface area (Å²) in [7, 11) is 0. The molecule has 0 amide bonds. The molecule has 2 rings (SSSR count). The van der Waals surface area contributed by atoms with Crippen molar-refractivity contribution in [3.8, 4) is 0 Å². The number of hydrogen-bond acceptors (Lipinski definition) is 0. The van der Waals surface area contributed by atoms with Crippen molar-refractivity contribution in [2.75, 3.05) is 0 Å². The molecule has 23 heavy (non-hydrogen) atoms. The molecule has 0 saturated heterocycles. The lowest BCUT2D eigenvalue weighted by atomic mass is 9.99. The SMILES string of the molecule is CCCCCCc1ccc2c(Br)cc(CCCCCC)cc2c1. The summed E-state index contributed by atoms with van der Waals surface area (Å²) < 4.78 is 1.25. The fraction of sp³-hybridized carbons (Fsp3) is 0.545. The summed E-state index contributed by atoms with van der Waals surface area (Å²) in [4.78, 5) is 0. The van der Waals surface area contributed by atoms with Gasteiger partial charge in [-0.3, -0.25) is 0 Å². The molecule has 1 heteroatoms. The molecule has 0 nitrogen and oxygen atoms in total. The average molecular weight is 375 g/mol. The van der Waals surface area contributed by atoms with E-state index >= 15 is 0 Å². The van der Waals surface area contributed by atoms with Crippen molar-refractivity contribution < 1.29 is 0 Å². The molecule has 2 aromatic carbocycles. The predicted octanol–water partition coefficient (Wildman–Crippen LogP) is 7.85. The molecule has 0 radical (unpaired) electrons. The summed E-state index contributed by atoms with van der Waals surface area (Å²) in [5, 5.41) is 2.75. The van der Waals surface area contributed by atoms with Gasteiger partial charge in [-0.2, -0.15) is 0 Å². The molecule has 0 aliphatic carbocycles. The van der Waals surface area contributed by atoms with Gasteiger partial charge < -0.3 is 0 Å². The van der Waals surface area contributed by atoms with Crippen LogP contribution >= 0.6 is 15.9 Å². The van der Waals surface area contributed by atoms with Gasteiger partial charge in [-0.05, 0) is 53.6 Å². The van der Waals surface area contributed by atoms with Crippen LogP contribution in [0.4, 0.5) is 0 Å². The summed E-state index contributed by atoms with van der Waals surface area (Å²) in [6.45, 7) is 4.55. The molecule has 2 aromatic rings. The fourth-order valence-electron chi connectivity index (χ4n) is 3.24. The van der Waals surface area contributed by atoms with Crippen LogP contribution in [0.25, 0.3) is 10.8 Å². The summed E-state index contributed by atoms with van der Waals surface area (Å²) in [5.41, 5.74) is 2.97. The van der Waals surface area contributed by atoms with Crippen molar-refractivity contribution in [2.24, 2.45) is 0 Å². The molecule has 0 atom stereocenters. The van der Waals surface area contributed by atoms with E-state index in [9.17, 15) is 0 Å². The predicted molar refractivity (Wildman–Crippen MR) is 107 cm³/mol. The second-order valence-electron chi connectivity index (χ2n) is 6.75. The molecule has 0 aliphatic rings. The zero-order valence-electron chi connectivity index (χ0n) is 14.8. The molecule has 0 spiro atoms. The van der Waals surface area contributed by atoms with Gasteiger partial charge in [0.05, 0.1) is 0 Å². The Labute approximate surface area is 150 Å². The number of hydrogen-bond donors (Lipinski definition) is 0. The lowest BCUT2D eigenvalue weighted by molar-refractivity contribution is 0.666. The van der Waals surface area contributed by atoms with E-state index in [1.165, 1.54) is 90.6 Å². The highest BCUT2D eigenvalue weighted by molar-refractivity contribution is 9.10. The zero-order chi connectivity index (χ0) is 16.5. The van der Waals surface area contributed by atoms with Crippen molar-refractivity contribution in [1.29, 1.82) is 0 Å². The van der Waals surface area contributed by atoms with Crippen LogP contribution in [0.1, 0.15) is 76.3 Å². The Hall–Kier alpha value is -0.820. The number of benzene rings is 2. The minimum Gasteiger partial charge on any atom is -0.0654 e. The van der Waals surface area contributed by atoms with Crippen molar-refractivity contribution in [1.82, 2.24) is 0 Å². The summed E-state index contributed by atoms with van der Waals surface area (Å²) in [6.07, 6.45) is 13.1. The molecule has 0 heterocycles. The maximum absolute atomic E-state index is 3.77. The minimum atomic E-state index is 1.20. The van der Waals surface area contributed by atoms with E-state index in [1.54, 1.807) is 0 Å². The standard InChI is InChI=1S/C22H31Br/c1-3-5-7-9-11-18-13-14-21-20(15-18)16-19(17-22(21)23)12-10-8-6-4-2/h13-17H,3-12H2,1-2H3. The van der Waals surface area contributed by atoms with E-state index in [4.69, 9.17) is 0 Å². The summed E-state index contributed by atoms with van der Waals surface area (Å²) in [5.74, 6) is 0. The van der Waals surface area contributed by atoms with Gasteiger partial charge in [0.2, 0.25) is 0 Å². The molecule has 126 valence electrons. The van der Waals surface area contributed by atoms with E-state index in [1.807, 2.05) is 0 Å². The lowest BCUT2D eigenvalue weighted by Crippen LogP contribution is -1.90. The number of unbranched alkanes of at least 4 members (excludes halogenated alkanes) is 6. The molecule has 0 unspecified atom stereocenters. The zero-order valence-corrected chi connectivity index (χ0v) is 16.4. The van der Waals surface area contributed by atoms with Gasteiger partial charge in [0.25, 0.3) is 0 Å². The molecular weight excluding hydrogens is 344 g/mol. The number of halogens is 1. The first-order chi connectivity index (χ1) is 11.2. The smallest absolute Gasteiger partial charge is 0.0256 e. The highest BCUT2D eigenvalue weighted by Crippen LogP contribution is 2.28. The van der Waals surface area contributed by atoms with Gasteiger partial charge in [0.15, 0.2) is 0 Å². The van der Waals surface area contributed by atoms with Crippen molar-refractivity contribution in [3.05, 3.63) is 45.9 Å². The second kappa shape index (κ2) is 10.1. The van der Waals surface area contributed by atoms with Crippen molar-refractivity contribution in [3.63, 3.8) is 0 Å². The summed E-state index contributed by atoms with van der Waals surface area (Å²) >= 11 is 3.77. The first-order valence-electron chi connectivity index (χ1n) is 9.45. The molecular formula is C22H31Br. The van der Waals surface area contributed by atoms with Crippen LogP contribution in [-0.2, 0) is 12.8 Å². The molecule has 0 aliphatic heterocycles. The Balaban J connectivity index is 2.06. The first-order valence-corrected chi connectivity index (χ1v) is 10.2.